The molecule has 3 nitrogen and oxygen atoms in total. The van der Waals surface area contributed by atoms with E-state index in [1.165, 1.54) is 49.9 Å². The highest BCUT2D eigenvalue weighted by molar-refractivity contribution is 7.12. The van der Waals surface area contributed by atoms with Crippen LogP contribution in [0.4, 0.5) is 0 Å². The summed E-state index contributed by atoms with van der Waals surface area (Å²) in [6.45, 7) is 3.57. The predicted octanol–water partition coefficient (Wildman–Crippen LogP) is 3.10. The van der Waals surface area contributed by atoms with E-state index in [4.69, 9.17) is 0 Å². The highest BCUT2D eigenvalue weighted by Gasteiger charge is 2.12. The molecule has 106 valence electrons. The summed E-state index contributed by atoms with van der Waals surface area (Å²) in [6, 6.07) is 2.64. The third-order valence-corrected chi connectivity index (χ3v) is 4.78. The molecule has 1 heterocycles. The fourth-order valence-electron chi connectivity index (χ4n) is 2.62. The molecule has 1 fully saturated rings. The van der Waals surface area contributed by atoms with Gasteiger partial charge in [-0.25, -0.2) is 0 Å². The van der Waals surface area contributed by atoms with Gasteiger partial charge < -0.3 is 10.6 Å². The average Bonchev–Trinajstić information content (AvgIpc) is 2.68. The van der Waals surface area contributed by atoms with Gasteiger partial charge in [0.05, 0.1) is 4.88 Å². The normalized spacial score (nSPS) is 17.1. The number of nitrogens with one attached hydrogen (secondary N) is 2. The van der Waals surface area contributed by atoms with Crippen LogP contribution >= 0.6 is 11.3 Å². The fraction of sp³-hybridized carbons (Fsp3) is 0.667. The summed E-state index contributed by atoms with van der Waals surface area (Å²) in [7, 11) is 0. The summed E-state index contributed by atoms with van der Waals surface area (Å²) < 4.78 is 0. The van der Waals surface area contributed by atoms with Crippen molar-refractivity contribution in [3.05, 3.63) is 21.9 Å². The maximum absolute atomic E-state index is 11.9. The van der Waals surface area contributed by atoms with E-state index in [0.29, 0.717) is 12.6 Å². The van der Waals surface area contributed by atoms with Crippen LogP contribution in [-0.2, 0) is 0 Å². The standard InChI is InChI=1S/C15H24N2OS/c1-12-8-11-19-14(12)15(18)17-10-9-16-13-6-4-2-3-5-7-13/h8,11,13,16H,2-7,9-10H2,1H3,(H,17,18). The Balaban J connectivity index is 1.64. The summed E-state index contributed by atoms with van der Waals surface area (Å²) in [5.74, 6) is 0.0650. The largest absolute Gasteiger partial charge is 0.350 e. The number of aryl methyl sites for hydroxylation is 1. The van der Waals surface area contributed by atoms with Crippen LogP contribution in [-0.4, -0.2) is 25.0 Å². The molecule has 0 aromatic carbocycles. The molecule has 1 aliphatic carbocycles. The second-order valence-electron chi connectivity index (χ2n) is 5.33. The number of amides is 1. The van der Waals surface area contributed by atoms with Gasteiger partial charge in [0, 0.05) is 19.1 Å². The lowest BCUT2D eigenvalue weighted by molar-refractivity contribution is 0.0957. The van der Waals surface area contributed by atoms with Crippen LogP contribution in [0, 0.1) is 6.92 Å². The molecule has 0 unspecified atom stereocenters. The minimum Gasteiger partial charge on any atom is -0.350 e. The molecule has 0 spiro atoms. The zero-order valence-electron chi connectivity index (χ0n) is 11.7. The average molecular weight is 280 g/mol. The van der Waals surface area contributed by atoms with Crippen molar-refractivity contribution in [2.75, 3.05) is 13.1 Å². The minimum atomic E-state index is 0.0650. The van der Waals surface area contributed by atoms with Gasteiger partial charge in [0.15, 0.2) is 0 Å². The Hall–Kier alpha value is -0.870. The van der Waals surface area contributed by atoms with Crippen molar-refractivity contribution in [1.82, 2.24) is 10.6 Å². The number of rotatable bonds is 5. The van der Waals surface area contributed by atoms with Crippen LogP contribution in [0.25, 0.3) is 0 Å². The van der Waals surface area contributed by atoms with Gasteiger partial charge in [-0.3, -0.25) is 4.79 Å². The highest BCUT2D eigenvalue weighted by Crippen LogP contribution is 2.17. The predicted molar refractivity (Wildman–Crippen MR) is 80.9 cm³/mol. The van der Waals surface area contributed by atoms with E-state index in [-0.39, 0.29) is 5.91 Å². The van der Waals surface area contributed by atoms with Gasteiger partial charge in [0.2, 0.25) is 0 Å². The van der Waals surface area contributed by atoms with E-state index in [0.717, 1.165) is 17.0 Å². The summed E-state index contributed by atoms with van der Waals surface area (Å²) >= 11 is 1.51. The molecule has 19 heavy (non-hydrogen) atoms. The maximum atomic E-state index is 11.9. The lowest BCUT2D eigenvalue weighted by Crippen LogP contribution is -2.36. The zero-order valence-corrected chi connectivity index (χ0v) is 12.5. The number of hydrogen-bond acceptors (Lipinski definition) is 3. The van der Waals surface area contributed by atoms with Crippen molar-refractivity contribution < 1.29 is 4.79 Å². The lowest BCUT2D eigenvalue weighted by Gasteiger charge is -2.16. The van der Waals surface area contributed by atoms with Crippen LogP contribution in [0.15, 0.2) is 11.4 Å². The van der Waals surface area contributed by atoms with Crippen molar-refractivity contribution in [2.24, 2.45) is 0 Å². The molecule has 2 rings (SSSR count). The Kier molecular flexibility index (Phi) is 5.86. The third-order valence-electron chi connectivity index (χ3n) is 3.77. The Morgan fingerprint density at radius 2 is 2.00 bits per heavy atom. The molecule has 2 N–H and O–H groups in total. The molecule has 0 bridgehead atoms. The van der Waals surface area contributed by atoms with Gasteiger partial charge >= 0.3 is 0 Å². The Morgan fingerprint density at radius 3 is 2.63 bits per heavy atom. The van der Waals surface area contributed by atoms with Gasteiger partial charge in [-0.1, -0.05) is 25.7 Å². The molecule has 0 atom stereocenters. The molecule has 0 saturated heterocycles. The lowest BCUT2D eigenvalue weighted by atomic mass is 10.1. The van der Waals surface area contributed by atoms with Gasteiger partial charge in [-0.15, -0.1) is 11.3 Å². The van der Waals surface area contributed by atoms with Crippen molar-refractivity contribution in [3.63, 3.8) is 0 Å². The van der Waals surface area contributed by atoms with E-state index in [2.05, 4.69) is 10.6 Å². The van der Waals surface area contributed by atoms with E-state index < -0.39 is 0 Å². The SMILES string of the molecule is Cc1ccsc1C(=O)NCCNC1CCCCCC1. The van der Waals surface area contributed by atoms with Crippen LogP contribution < -0.4 is 10.6 Å². The van der Waals surface area contributed by atoms with Gasteiger partial charge in [0.25, 0.3) is 5.91 Å². The number of carbonyl (C=O) groups excluding carboxylic acids is 1. The van der Waals surface area contributed by atoms with Crippen LogP contribution in [0.1, 0.15) is 53.8 Å². The monoisotopic (exact) mass is 280 g/mol. The summed E-state index contributed by atoms with van der Waals surface area (Å²) in [5.41, 5.74) is 1.07. The summed E-state index contributed by atoms with van der Waals surface area (Å²) in [4.78, 5) is 12.7. The number of thiophene rings is 1. The van der Waals surface area contributed by atoms with Gasteiger partial charge in [0.1, 0.15) is 0 Å². The molecule has 1 saturated carbocycles. The fourth-order valence-corrected chi connectivity index (χ4v) is 3.46. The van der Waals surface area contributed by atoms with Crippen LogP contribution in [0.2, 0.25) is 0 Å². The summed E-state index contributed by atoms with van der Waals surface area (Å²) in [5, 5.41) is 8.52. The van der Waals surface area contributed by atoms with Crippen molar-refractivity contribution >= 4 is 17.2 Å². The quantitative estimate of drug-likeness (QED) is 0.643. The molecule has 4 heteroatoms. The molecular weight excluding hydrogens is 256 g/mol. The topological polar surface area (TPSA) is 41.1 Å². The Labute approximate surface area is 119 Å². The van der Waals surface area contributed by atoms with E-state index in [1.807, 2.05) is 18.4 Å². The van der Waals surface area contributed by atoms with E-state index >= 15 is 0 Å². The number of carbonyl (C=O) groups is 1. The van der Waals surface area contributed by atoms with E-state index in [1.54, 1.807) is 0 Å². The van der Waals surface area contributed by atoms with Gasteiger partial charge in [-0.05, 0) is 36.8 Å². The van der Waals surface area contributed by atoms with Crippen LogP contribution in [0.3, 0.4) is 0 Å². The first kappa shape index (κ1) is 14.5. The third kappa shape index (κ3) is 4.62. The Morgan fingerprint density at radius 1 is 1.26 bits per heavy atom. The molecule has 1 amide bonds. The smallest absolute Gasteiger partial charge is 0.261 e. The Bertz CT molecular complexity index is 395. The van der Waals surface area contributed by atoms with Crippen molar-refractivity contribution in [2.45, 2.75) is 51.5 Å². The van der Waals surface area contributed by atoms with Crippen molar-refractivity contribution in [1.29, 1.82) is 0 Å². The molecule has 1 aromatic heterocycles. The molecule has 0 aliphatic heterocycles. The second kappa shape index (κ2) is 7.65. The molecular formula is C15H24N2OS. The second-order valence-corrected chi connectivity index (χ2v) is 6.25. The first-order valence-corrected chi connectivity index (χ1v) is 8.21. The molecule has 1 aromatic rings. The van der Waals surface area contributed by atoms with Crippen molar-refractivity contribution in [3.8, 4) is 0 Å². The first-order valence-electron chi connectivity index (χ1n) is 7.33. The highest BCUT2D eigenvalue weighted by atomic mass is 32.1. The van der Waals surface area contributed by atoms with Gasteiger partial charge in [-0.2, -0.15) is 0 Å². The van der Waals surface area contributed by atoms with Crippen LogP contribution in [0.5, 0.6) is 0 Å². The first-order chi connectivity index (χ1) is 9.27. The minimum absolute atomic E-state index is 0.0650. The van der Waals surface area contributed by atoms with E-state index in [9.17, 15) is 4.79 Å². The summed E-state index contributed by atoms with van der Waals surface area (Å²) in [6.07, 6.45) is 8.03. The molecule has 1 aliphatic rings. The maximum Gasteiger partial charge on any atom is 0.261 e. The number of hydrogen-bond donors (Lipinski definition) is 2. The molecule has 0 radical (unpaired) electrons. The zero-order chi connectivity index (χ0) is 13.5.